The van der Waals surface area contributed by atoms with Crippen LogP contribution in [0.1, 0.15) is 34.3 Å². The van der Waals surface area contributed by atoms with E-state index in [1.54, 1.807) is 29.7 Å². The van der Waals surface area contributed by atoms with Crippen molar-refractivity contribution in [2.75, 3.05) is 0 Å². The minimum atomic E-state index is -0.115. The number of carbonyl (C=O) groups excluding carboxylic acids is 1. The lowest BCUT2D eigenvalue weighted by atomic mass is 9.89. The summed E-state index contributed by atoms with van der Waals surface area (Å²) in [6.07, 6.45) is 6.26. The van der Waals surface area contributed by atoms with E-state index in [0.717, 1.165) is 35.0 Å². The Hall–Kier alpha value is -2.21. The molecule has 23 heavy (non-hydrogen) atoms. The molecule has 3 aromatic rings. The number of H-pyrrole nitrogens is 1. The van der Waals surface area contributed by atoms with Crippen LogP contribution in [-0.2, 0) is 19.4 Å². The van der Waals surface area contributed by atoms with Crippen molar-refractivity contribution in [1.82, 2.24) is 14.5 Å². The number of hydrogen-bond acceptors (Lipinski definition) is 4. The molecule has 1 N–H and O–H groups in total. The lowest BCUT2D eigenvalue weighted by molar-refractivity contribution is 0.0966. The summed E-state index contributed by atoms with van der Waals surface area (Å²) >= 11 is 1.63. The van der Waals surface area contributed by atoms with E-state index in [0.29, 0.717) is 11.6 Å². The number of aromatic amines is 1. The molecule has 5 nitrogen and oxygen atoms in total. The minimum Gasteiger partial charge on any atom is -0.359 e. The molecule has 0 saturated carbocycles. The first-order valence-electron chi connectivity index (χ1n) is 7.79. The molecular weight excluding hydrogens is 310 g/mol. The third kappa shape index (κ3) is 2.43. The second-order valence-electron chi connectivity index (χ2n) is 6.22. The highest BCUT2D eigenvalue weighted by molar-refractivity contribution is 7.18. The molecule has 1 atom stereocenters. The molecule has 118 valence electrons. The van der Waals surface area contributed by atoms with Gasteiger partial charge in [-0.15, -0.1) is 11.3 Å². The van der Waals surface area contributed by atoms with Gasteiger partial charge in [-0.25, -0.2) is 4.98 Å². The Kier molecular flexibility index (Phi) is 3.41. The Morgan fingerprint density at radius 2 is 2.39 bits per heavy atom. The quantitative estimate of drug-likeness (QED) is 0.752. The fourth-order valence-corrected chi connectivity index (χ4v) is 4.56. The van der Waals surface area contributed by atoms with Gasteiger partial charge in [-0.1, -0.05) is 6.92 Å². The Balaban J connectivity index is 1.76. The molecule has 0 radical (unpaired) electrons. The predicted molar refractivity (Wildman–Crippen MR) is 90.2 cm³/mol. The van der Waals surface area contributed by atoms with E-state index in [4.69, 9.17) is 0 Å². The zero-order valence-electron chi connectivity index (χ0n) is 12.8. The van der Waals surface area contributed by atoms with Gasteiger partial charge in [0, 0.05) is 11.1 Å². The van der Waals surface area contributed by atoms with Gasteiger partial charge in [0.1, 0.15) is 4.83 Å². The van der Waals surface area contributed by atoms with Crippen LogP contribution in [0.2, 0.25) is 0 Å². The van der Waals surface area contributed by atoms with E-state index in [1.165, 1.54) is 15.8 Å². The van der Waals surface area contributed by atoms with E-state index >= 15 is 0 Å². The van der Waals surface area contributed by atoms with Crippen molar-refractivity contribution in [3.63, 3.8) is 0 Å². The Labute approximate surface area is 137 Å². The van der Waals surface area contributed by atoms with E-state index < -0.39 is 0 Å². The van der Waals surface area contributed by atoms with Crippen LogP contribution < -0.4 is 5.56 Å². The van der Waals surface area contributed by atoms with Gasteiger partial charge in [-0.2, -0.15) is 0 Å². The minimum absolute atomic E-state index is 0.0172. The summed E-state index contributed by atoms with van der Waals surface area (Å²) in [5.74, 6) is 0.545. The van der Waals surface area contributed by atoms with Crippen molar-refractivity contribution in [3.05, 3.63) is 51.1 Å². The summed E-state index contributed by atoms with van der Waals surface area (Å²) in [5, 5.41) is 0.721. The van der Waals surface area contributed by atoms with Crippen molar-refractivity contribution in [1.29, 1.82) is 0 Å². The van der Waals surface area contributed by atoms with Crippen LogP contribution in [0.15, 0.2) is 29.5 Å². The molecule has 0 unspecified atom stereocenters. The Bertz CT molecular complexity index is 937. The summed E-state index contributed by atoms with van der Waals surface area (Å²) in [6, 6.07) is 3.49. The molecule has 4 rings (SSSR count). The molecule has 0 spiro atoms. The van der Waals surface area contributed by atoms with Crippen molar-refractivity contribution >= 4 is 27.3 Å². The fourth-order valence-electron chi connectivity index (χ4n) is 3.22. The zero-order valence-corrected chi connectivity index (χ0v) is 13.7. The van der Waals surface area contributed by atoms with Crippen LogP contribution in [-0.4, -0.2) is 20.3 Å². The third-order valence-electron chi connectivity index (χ3n) is 4.49. The van der Waals surface area contributed by atoms with Crippen LogP contribution in [0, 0.1) is 5.92 Å². The second-order valence-corrected chi connectivity index (χ2v) is 7.30. The third-order valence-corrected chi connectivity index (χ3v) is 5.66. The van der Waals surface area contributed by atoms with Crippen LogP contribution in [0.25, 0.3) is 10.2 Å². The predicted octanol–water partition coefficient (Wildman–Crippen LogP) is 2.79. The van der Waals surface area contributed by atoms with Gasteiger partial charge in [-0.05, 0) is 42.9 Å². The van der Waals surface area contributed by atoms with Crippen molar-refractivity contribution in [3.8, 4) is 0 Å². The van der Waals surface area contributed by atoms with Gasteiger partial charge in [0.05, 0.1) is 24.0 Å². The first-order valence-corrected chi connectivity index (χ1v) is 8.61. The molecule has 6 heteroatoms. The zero-order chi connectivity index (χ0) is 16.0. The molecular formula is C17H17N3O2S. The van der Waals surface area contributed by atoms with Crippen LogP contribution in [0.5, 0.6) is 0 Å². The monoisotopic (exact) mass is 327 g/mol. The maximum atomic E-state index is 12.8. The van der Waals surface area contributed by atoms with Gasteiger partial charge in [-0.3, -0.25) is 14.2 Å². The highest BCUT2D eigenvalue weighted by Gasteiger charge is 2.23. The average Bonchev–Trinajstić information content (AvgIpc) is 3.16. The molecule has 0 aromatic carbocycles. The number of hydrogen-bond donors (Lipinski definition) is 1. The topological polar surface area (TPSA) is 67.8 Å². The van der Waals surface area contributed by atoms with Gasteiger partial charge in [0.15, 0.2) is 5.78 Å². The van der Waals surface area contributed by atoms with E-state index in [9.17, 15) is 9.59 Å². The molecule has 1 aliphatic carbocycles. The number of rotatable bonds is 3. The highest BCUT2D eigenvalue weighted by Crippen LogP contribution is 2.35. The number of Topliss-reactive ketones (excluding diaryl/α,β-unsaturated/α-hetero) is 1. The highest BCUT2D eigenvalue weighted by atomic mass is 32.1. The van der Waals surface area contributed by atoms with Crippen molar-refractivity contribution < 1.29 is 4.79 Å². The number of aryl methyl sites for hydroxylation is 1. The Morgan fingerprint density at radius 3 is 3.17 bits per heavy atom. The van der Waals surface area contributed by atoms with Crippen LogP contribution in [0.4, 0.5) is 0 Å². The number of ketones is 1. The smallest absolute Gasteiger partial charge is 0.262 e. The van der Waals surface area contributed by atoms with Gasteiger partial charge in [0.2, 0.25) is 0 Å². The van der Waals surface area contributed by atoms with Gasteiger partial charge in [0.25, 0.3) is 5.56 Å². The van der Waals surface area contributed by atoms with Crippen molar-refractivity contribution in [2.24, 2.45) is 5.92 Å². The van der Waals surface area contributed by atoms with Gasteiger partial charge >= 0.3 is 0 Å². The van der Waals surface area contributed by atoms with Crippen LogP contribution in [0.3, 0.4) is 0 Å². The number of thiophene rings is 1. The summed E-state index contributed by atoms with van der Waals surface area (Å²) in [7, 11) is 0. The molecule has 0 bridgehead atoms. The first kappa shape index (κ1) is 14.4. The van der Waals surface area contributed by atoms with E-state index in [-0.39, 0.29) is 17.9 Å². The average molecular weight is 327 g/mol. The molecule has 1 aliphatic rings. The molecule has 0 aliphatic heterocycles. The molecule has 0 amide bonds. The first-order chi connectivity index (χ1) is 11.1. The number of carbonyl (C=O) groups is 1. The maximum Gasteiger partial charge on any atom is 0.262 e. The Morgan fingerprint density at radius 1 is 1.52 bits per heavy atom. The van der Waals surface area contributed by atoms with E-state index in [2.05, 4.69) is 16.9 Å². The normalized spacial score (nSPS) is 17.3. The van der Waals surface area contributed by atoms with Crippen LogP contribution >= 0.6 is 11.3 Å². The lowest BCUT2D eigenvalue weighted by Gasteiger charge is -2.17. The summed E-state index contributed by atoms with van der Waals surface area (Å²) < 4.78 is 1.43. The molecule has 3 heterocycles. The fraction of sp³-hybridized carbons (Fsp3) is 0.353. The number of nitrogens with one attached hydrogen (secondary N) is 1. The molecule has 0 fully saturated rings. The SMILES string of the molecule is C[C@H]1CCc2c(sc3ncn(CC(=O)c4ccc[nH]4)c(=O)c23)C1. The van der Waals surface area contributed by atoms with Gasteiger partial charge < -0.3 is 4.98 Å². The number of fused-ring (bicyclic) bond motifs is 3. The largest absolute Gasteiger partial charge is 0.359 e. The standard InChI is InChI=1S/C17H17N3O2S/c1-10-4-5-11-14(7-10)23-16-15(11)17(22)20(9-19-16)8-13(21)12-3-2-6-18-12/h2-3,6,9-10,18H,4-5,7-8H2,1H3/t10-/m0/s1. The summed E-state index contributed by atoms with van der Waals surface area (Å²) in [4.78, 5) is 34.4. The van der Waals surface area contributed by atoms with E-state index in [1.807, 2.05) is 0 Å². The summed E-state index contributed by atoms with van der Waals surface area (Å²) in [5.41, 5.74) is 1.57. The lowest BCUT2D eigenvalue weighted by Crippen LogP contribution is -2.25. The summed E-state index contributed by atoms with van der Waals surface area (Å²) in [6.45, 7) is 2.26. The second kappa shape index (κ2) is 5.45. The molecule has 3 aromatic heterocycles. The maximum absolute atomic E-state index is 12.8. The molecule has 0 saturated heterocycles. The number of aromatic nitrogens is 3. The number of nitrogens with zero attached hydrogens (tertiary/aromatic N) is 2. The van der Waals surface area contributed by atoms with Crippen molar-refractivity contribution in [2.45, 2.75) is 32.7 Å².